The first-order chi connectivity index (χ1) is 11.2. The Morgan fingerprint density at radius 2 is 1.16 bits per heavy atom. The number of halogens is 3. The summed E-state index contributed by atoms with van der Waals surface area (Å²) in [6.07, 6.45) is -4.72. The summed E-state index contributed by atoms with van der Waals surface area (Å²) in [5, 5.41) is 9.56. The van der Waals surface area contributed by atoms with E-state index in [0.29, 0.717) is 11.6 Å². The molecule has 2 rings (SSSR count). The Morgan fingerprint density at radius 1 is 0.760 bits per heavy atom. The molecule has 2 aromatic carbocycles. The van der Waals surface area contributed by atoms with Gasteiger partial charge in [0, 0.05) is 0 Å². The van der Waals surface area contributed by atoms with Gasteiger partial charge in [0.15, 0.2) is 0 Å². The summed E-state index contributed by atoms with van der Waals surface area (Å²) in [4.78, 5) is -0.715. The van der Waals surface area contributed by atoms with Gasteiger partial charge in [-0.25, -0.2) is 27.1 Å². The summed E-state index contributed by atoms with van der Waals surface area (Å²) in [7, 11) is -7.87. The van der Waals surface area contributed by atoms with E-state index < -0.39 is 36.7 Å². The Kier molecular flexibility index (Phi) is 6.34. The number of sulfonamides is 2. The SMILES string of the molecule is Cc1ccccc1S(N)(=O)=O.NS(=O)(=O)c1ccccc1C(F)(F)F. The molecule has 0 heterocycles. The number of alkyl halides is 3. The first-order valence-corrected chi connectivity index (χ1v) is 9.61. The lowest BCUT2D eigenvalue weighted by Gasteiger charge is -2.10. The molecule has 2 aromatic rings. The van der Waals surface area contributed by atoms with E-state index in [0.717, 1.165) is 12.1 Å². The molecule has 0 saturated carbocycles. The van der Waals surface area contributed by atoms with Crippen molar-refractivity contribution in [1.29, 1.82) is 0 Å². The van der Waals surface area contributed by atoms with Crippen LogP contribution in [0.1, 0.15) is 11.1 Å². The van der Waals surface area contributed by atoms with Crippen molar-refractivity contribution in [3.63, 3.8) is 0 Å². The predicted molar refractivity (Wildman–Crippen MR) is 85.4 cm³/mol. The molecule has 0 aliphatic carbocycles. The molecule has 25 heavy (non-hydrogen) atoms. The van der Waals surface area contributed by atoms with Crippen LogP contribution in [-0.4, -0.2) is 16.8 Å². The second-order valence-electron chi connectivity index (χ2n) is 4.85. The Morgan fingerprint density at radius 3 is 1.48 bits per heavy atom. The molecule has 11 heteroatoms. The summed E-state index contributed by atoms with van der Waals surface area (Å²) >= 11 is 0. The van der Waals surface area contributed by atoms with Crippen molar-refractivity contribution in [3.05, 3.63) is 59.7 Å². The molecule has 0 radical (unpaired) electrons. The molecule has 6 nitrogen and oxygen atoms in total. The summed E-state index contributed by atoms with van der Waals surface area (Å²) < 4.78 is 80.0. The van der Waals surface area contributed by atoms with Gasteiger partial charge in [-0.15, -0.1) is 0 Å². The van der Waals surface area contributed by atoms with Crippen molar-refractivity contribution in [3.8, 4) is 0 Å². The van der Waals surface area contributed by atoms with Crippen LogP contribution in [0.4, 0.5) is 13.2 Å². The standard InChI is InChI=1S/C7H6F3NO2S.C7H9NO2S/c8-7(9,10)5-3-1-2-4-6(5)14(11,12)13;1-6-4-2-3-5-7(6)11(8,9)10/h1-4H,(H2,11,12,13);2-5H,1H3,(H2,8,9,10). The smallest absolute Gasteiger partial charge is 0.225 e. The van der Waals surface area contributed by atoms with Gasteiger partial charge in [-0.05, 0) is 30.7 Å². The minimum atomic E-state index is -4.72. The normalized spacial score (nSPS) is 12.2. The lowest BCUT2D eigenvalue weighted by atomic mass is 10.2. The number of rotatable bonds is 2. The van der Waals surface area contributed by atoms with Crippen LogP contribution in [0.25, 0.3) is 0 Å². The van der Waals surface area contributed by atoms with Crippen LogP contribution in [0.5, 0.6) is 0 Å². The van der Waals surface area contributed by atoms with Gasteiger partial charge in [0.1, 0.15) is 0 Å². The molecule has 0 aliphatic heterocycles. The Balaban J connectivity index is 0.000000257. The topological polar surface area (TPSA) is 120 Å². The molecule has 0 aliphatic rings. The van der Waals surface area contributed by atoms with E-state index in [2.05, 4.69) is 5.14 Å². The highest BCUT2D eigenvalue weighted by Gasteiger charge is 2.35. The van der Waals surface area contributed by atoms with Gasteiger partial charge < -0.3 is 0 Å². The van der Waals surface area contributed by atoms with Crippen molar-refractivity contribution in [2.45, 2.75) is 22.9 Å². The highest BCUT2D eigenvalue weighted by molar-refractivity contribution is 7.89. The number of benzene rings is 2. The van der Waals surface area contributed by atoms with E-state index in [4.69, 9.17) is 5.14 Å². The van der Waals surface area contributed by atoms with E-state index in [1.807, 2.05) is 0 Å². The van der Waals surface area contributed by atoms with Crippen molar-refractivity contribution < 1.29 is 30.0 Å². The third-order valence-electron chi connectivity index (χ3n) is 2.90. The highest BCUT2D eigenvalue weighted by atomic mass is 32.2. The zero-order valence-corrected chi connectivity index (χ0v) is 14.5. The van der Waals surface area contributed by atoms with Gasteiger partial charge in [-0.1, -0.05) is 30.3 Å². The van der Waals surface area contributed by atoms with E-state index in [-0.39, 0.29) is 4.90 Å². The average Bonchev–Trinajstić information content (AvgIpc) is 2.45. The Bertz CT molecular complexity index is 956. The summed E-state index contributed by atoms with van der Waals surface area (Å²) in [6.45, 7) is 1.71. The molecule has 0 unspecified atom stereocenters. The monoisotopic (exact) mass is 396 g/mol. The zero-order valence-electron chi connectivity index (χ0n) is 12.9. The first kappa shape index (κ1) is 21.1. The fraction of sp³-hybridized carbons (Fsp3) is 0.143. The van der Waals surface area contributed by atoms with Gasteiger partial charge in [-0.3, -0.25) is 0 Å². The third kappa shape index (κ3) is 6.12. The van der Waals surface area contributed by atoms with Gasteiger partial charge in [0.05, 0.1) is 15.4 Å². The van der Waals surface area contributed by atoms with Crippen LogP contribution in [-0.2, 0) is 26.2 Å². The summed E-state index contributed by atoms with van der Waals surface area (Å²) in [5.41, 5.74) is -0.572. The number of primary sulfonamides is 2. The predicted octanol–water partition coefficient (Wildman–Crippen LogP) is 2.00. The van der Waals surface area contributed by atoms with Crippen molar-refractivity contribution in [2.75, 3.05) is 0 Å². The summed E-state index contributed by atoms with van der Waals surface area (Å²) in [6, 6.07) is 10.4. The van der Waals surface area contributed by atoms with Gasteiger partial charge >= 0.3 is 6.18 Å². The fourth-order valence-electron chi connectivity index (χ4n) is 1.82. The fourth-order valence-corrected chi connectivity index (χ4v) is 3.37. The van der Waals surface area contributed by atoms with Crippen LogP contribution < -0.4 is 10.3 Å². The number of hydrogen-bond acceptors (Lipinski definition) is 4. The van der Waals surface area contributed by atoms with Gasteiger partial charge in [0.25, 0.3) is 0 Å². The molecule has 0 bridgehead atoms. The zero-order chi connectivity index (χ0) is 19.5. The molecule has 0 atom stereocenters. The first-order valence-electron chi connectivity index (χ1n) is 6.52. The van der Waals surface area contributed by atoms with E-state index in [1.165, 1.54) is 12.1 Å². The molecule has 0 amide bonds. The molecular weight excluding hydrogens is 381 g/mol. The van der Waals surface area contributed by atoms with Crippen LogP contribution in [0.2, 0.25) is 0 Å². The second kappa shape index (κ2) is 7.52. The lowest BCUT2D eigenvalue weighted by Crippen LogP contribution is -2.18. The van der Waals surface area contributed by atoms with Crippen LogP contribution in [0, 0.1) is 6.92 Å². The highest BCUT2D eigenvalue weighted by Crippen LogP contribution is 2.33. The number of aryl methyl sites for hydroxylation is 1. The van der Waals surface area contributed by atoms with Crippen molar-refractivity contribution >= 4 is 20.0 Å². The molecule has 0 fully saturated rings. The molecule has 0 spiro atoms. The average molecular weight is 396 g/mol. The van der Waals surface area contributed by atoms with Crippen LogP contribution in [0.15, 0.2) is 58.3 Å². The maximum Gasteiger partial charge on any atom is 0.417 e. The van der Waals surface area contributed by atoms with Crippen LogP contribution in [0.3, 0.4) is 0 Å². The van der Waals surface area contributed by atoms with Crippen molar-refractivity contribution in [1.82, 2.24) is 0 Å². The largest absolute Gasteiger partial charge is 0.417 e. The Labute approximate surface area is 143 Å². The molecule has 0 aromatic heterocycles. The molecule has 4 N–H and O–H groups in total. The molecule has 138 valence electrons. The van der Waals surface area contributed by atoms with Gasteiger partial charge in [-0.2, -0.15) is 13.2 Å². The quantitative estimate of drug-likeness (QED) is 0.806. The number of hydrogen-bond donors (Lipinski definition) is 2. The molecular formula is C14H15F3N2O4S2. The van der Waals surface area contributed by atoms with E-state index >= 15 is 0 Å². The minimum Gasteiger partial charge on any atom is -0.225 e. The second-order valence-corrected chi connectivity index (χ2v) is 7.91. The van der Waals surface area contributed by atoms with Crippen molar-refractivity contribution in [2.24, 2.45) is 10.3 Å². The van der Waals surface area contributed by atoms with Gasteiger partial charge in [0.2, 0.25) is 20.0 Å². The van der Waals surface area contributed by atoms with E-state index in [9.17, 15) is 30.0 Å². The third-order valence-corrected chi connectivity index (χ3v) is 4.94. The van der Waals surface area contributed by atoms with E-state index in [1.54, 1.807) is 25.1 Å². The summed E-state index contributed by atoms with van der Waals surface area (Å²) in [5.74, 6) is 0. The maximum atomic E-state index is 12.3. The lowest BCUT2D eigenvalue weighted by molar-refractivity contribution is -0.139. The Hall–Kier alpha value is -1.95. The maximum absolute atomic E-state index is 12.3. The number of nitrogens with two attached hydrogens (primary N) is 2. The van der Waals surface area contributed by atoms with Crippen LogP contribution >= 0.6 is 0 Å². The molecule has 0 saturated heterocycles. The minimum absolute atomic E-state index is 0.194.